The number of hydrogen-bond acceptors (Lipinski definition) is 7. The summed E-state index contributed by atoms with van der Waals surface area (Å²) in [6.07, 6.45) is 1.12. The van der Waals surface area contributed by atoms with Gasteiger partial charge in [-0.3, -0.25) is 25.3 Å². The van der Waals surface area contributed by atoms with Gasteiger partial charge in [0.2, 0.25) is 6.10 Å². The standard InChI is InChI=1S/C23H24N4O4S/c28-21(25-26-22(29)19-14-30-17-6-2-3-7-18(17)31-19)13-27-11-9-15(10-12-27)23-24-16-5-1-4-8-20(16)32-23/h1-8,15,19H,9-14H2,(H,25,28)(H,26,29)/t19-/m0/s1. The fourth-order valence-corrected chi connectivity index (χ4v) is 5.14. The van der Waals surface area contributed by atoms with E-state index in [0.717, 1.165) is 31.4 Å². The normalized spacial score (nSPS) is 18.9. The van der Waals surface area contributed by atoms with Gasteiger partial charge in [0.15, 0.2) is 11.5 Å². The minimum atomic E-state index is -0.810. The fraction of sp³-hybridized carbons (Fsp3) is 0.348. The number of para-hydroxylation sites is 3. The highest BCUT2D eigenvalue weighted by Gasteiger charge is 2.28. The van der Waals surface area contributed by atoms with Crippen LogP contribution in [0.2, 0.25) is 0 Å². The minimum Gasteiger partial charge on any atom is -0.485 e. The molecule has 5 rings (SSSR count). The lowest BCUT2D eigenvalue weighted by molar-refractivity contribution is -0.135. The van der Waals surface area contributed by atoms with E-state index < -0.39 is 12.0 Å². The molecule has 3 aromatic rings. The van der Waals surface area contributed by atoms with Gasteiger partial charge in [0.05, 0.1) is 21.8 Å². The first-order valence-electron chi connectivity index (χ1n) is 10.7. The quantitative estimate of drug-likeness (QED) is 0.591. The molecule has 0 saturated carbocycles. The third-order valence-corrected chi connectivity index (χ3v) is 6.94. The first-order valence-corrected chi connectivity index (χ1v) is 11.5. The number of hydrogen-bond donors (Lipinski definition) is 2. The molecule has 2 amide bonds. The Bertz CT molecular complexity index is 1090. The number of rotatable bonds is 4. The van der Waals surface area contributed by atoms with Gasteiger partial charge in [0.1, 0.15) is 6.61 Å². The molecule has 0 aliphatic carbocycles. The molecule has 0 bridgehead atoms. The van der Waals surface area contributed by atoms with Crippen LogP contribution in [-0.2, 0) is 9.59 Å². The molecule has 2 aliphatic heterocycles. The Morgan fingerprint density at radius 3 is 2.59 bits per heavy atom. The highest BCUT2D eigenvalue weighted by Crippen LogP contribution is 2.34. The second-order valence-corrected chi connectivity index (χ2v) is 9.03. The van der Waals surface area contributed by atoms with Gasteiger partial charge in [-0.25, -0.2) is 4.98 Å². The smallest absolute Gasteiger partial charge is 0.283 e. The molecule has 32 heavy (non-hydrogen) atoms. The number of aromatic nitrogens is 1. The second-order valence-electron chi connectivity index (χ2n) is 7.97. The number of hydrazine groups is 1. The van der Waals surface area contributed by atoms with Crippen molar-refractivity contribution in [2.45, 2.75) is 24.9 Å². The molecule has 0 radical (unpaired) electrons. The first-order chi connectivity index (χ1) is 15.7. The summed E-state index contributed by atoms with van der Waals surface area (Å²) in [5.41, 5.74) is 5.99. The molecule has 1 aromatic heterocycles. The van der Waals surface area contributed by atoms with Crippen LogP contribution < -0.4 is 20.3 Å². The number of fused-ring (bicyclic) bond motifs is 2. The van der Waals surface area contributed by atoms with Crippen LogP contribution in [0.3, 0.4) is 0 Å². The first kappa shape index (κ1) is 20.7. The summed E-state index contributed by atoms with van der Waals surface area (Å²) in [4.78, 5) is 31.5. The predicted molar refractivity (Wildman–Crippen MR) is 121 cm³/mol. The van der Waals surface area contributed by atoms with E-state index in [2.05, 4.69) is 21.8 Å². The van der Waals surface area contributed by atoms with Crippen molar-refractivity contribution in [2.75, 3.05) is 26.2 Å². The van der Waals surface area contributed by atoms with Gasteiger partial charge < -0.3 is 9.47 Å². The number of nitrogens with zero attached hydrogens (tertiary/aromatic N) is 2. The Labute approximate surface area is 189 Å². The van der Waals surface area contributed by atoms with Crippen LogP contribution >= 0.6 is 11.3 Å². The molecule has 9 heteroatoms. The zero-order valence-electron chi connectivity index (χ0n) is 17.5. The number of nitrogens with one attached hydrogen (secondary N) is 2. The predicted octanol–water partition coefficient (Wildman–Crippen LogP) is 2.46. The molecule has 0 spiro atoms. The van der Waals surface area contributed by atoms with Gasteiger partial charge >= 0.3 is 0 Å². The van der Waals surface area contributed by atoms with E-state index in [1.807, 2.05) is 30.3 Å². The molecule has 2 aromatic carbocycles. The molecule has 1 fully saturated rings. The maximum Gasteiger partial charge on any atom is 0.283 e. The zero-order chi connectivity index (χ0) is 21.9. The van der Waals surface area contributed by atoms with Crippen LogP contribution in [-0.4, -0.2) is 54.0 Å². The van der Waals surface area contributed by atoms with E-state index in [9.17, 15) is 9.59 Å². The van der Waals surface area contributed by atoms with Gasteiger partial charge in [0, 0.05) is 5.92 Å². The average molecular weight is 453 g/mol. The summed E-state index contributed by atoms with van der Waals surface area (Å²) in [5.74, 6) is 0.852. The largest absolute Gasteiger partial charge is 0.485 e. The second kappa shape index (κ2) is 9.13. The maximum absolute atomic E-state index is 12.3. The molecular formula is C23H24N4O4S. The molecular weight excluding hydrogens is 428 g/mol. The van der Waals surface area contributed by atoms with Crippen LogP contribution in [0, 0.1) is 0 Å². The summed E-state index contributed by atoms with van der Waals surface area (Å²) in [7, 11) is 0. The third kappa shape index (κ3) is 4.53. The van der Waals surface area contributed by atoms with Crippen molar-refractivity contribution in [1.82, 2.24) is 20.7 Å². The van der Waals surface area contributed by atoms with Crippen molar-refractivity contribution in [3.8, 4) is 11.5 Å². The number of carbonyl (C=O) groups excluding carboxylic acids is 2. The van der Waals surface area contributed by atoms with Crippen molar-refractivity contribution >= 4 is 33.4 Å². The number of benzene rings is 2. The van der Waals surface area contributed by atoms with Crippen molar-refractivity contribution in [2.24, 2.45) is 0 Å². The van der Waals surface area contributed by atoms with Crippen LogP contribution in [0.15, 0.2) is 48.5 Å². The maximum atomic E-state index is 12.3. The van der Waals surface area contributed by atoms with Crippen LogP contribution in [0.25, 0.3) is 10.2 Å². The van der Waals surface area contributed by atoms with E-state index >= 15 is 0 Å². The van der Waals surface area contributed by atoms with E-state index in [-0.39, 0.29) is 19.1 Å². The Morgan fingerprint density at radius 2 is 1.78 bits per heavy atom. The number of piperidine rings is 1. The fourth-order valence-electron chi connectivity index (χ4n) is 4.01. The Balaban J connectivity index is 1.06. The summed E-state index contributed by atoms with van der Waals surface area (Å²) in [6, 6.07) is 15.4. The van der Waals surface area contributed by atoms with Crippen molar-refractivity contribution in [1.29, 1.82) is 0 Å². The molecule has 0 unspecified atom stereocenters. The Morgan fingerprint density at radius 1 is 1.03 bits per heavy atom. The Hall–Kier alpha value is -3.17. The highest BCUT2D eigenvalue weighted by atomic mass is 32.1. The van der Waals surface area contributed by atoms with Gasteiger partial charge in [-0.2, -0.15) is 0 Å². The number of ether oxygens (including phenoxy) is 2. The van der Waals surface area contributed by atoms with E-state index in [4.69, 9.17) is 14.5 Å². The van der Waals surface area contributed by atoms with Crippen molar-refractivity contribution < 1.29 is 19.1 Å². The minimum absolute atomic E-state index is 0.0952. The number of amides is 2. The number of thiazole rings is 1. The summed E-state index contributed by atoms with van der Waals surface area (Å²) >= 11 is 1.76. The lowest BCUT2D eigenvalue weighted by atomic mass is 9.97. The van der Waals surface area contributed by atoms with Gasteiger partial charge in [0.25, 0.3) is 11.8 Å². The molecule has 2 N–H and O–H groups in total. The van der Waals surface area contributed by atoms with Crippen molar-refractivity contribution in [3.05, 3.63) is 53.5 Å². The Kier molecular flexibility index (Phi) is 5.91. The van der Waals surface area contributed by atoms with E-state index in [1.165, 1.54) is 9.71 Å². The third-order valence-electron chi connectivity index (χ3n) is 5.74. The monoisotopic (exact) mass is 452 g/mol. The van der Waals surface area contributed by atoms with Crippen LogP contribution in [0.4, 0.5) is 0 Å². The summed E-state index contributed by atoms with van der Waals surface area (Å²) < 4.78 is 12.4. The molecule has 166 valence electrons. The highest BCUT2D eigenvalue weighted by molar-refractivity contribution is 7.18. The molecule has 8 nitrogen and oxygen atoms in total. The average Bonchev–Trinajstić information content (AvgIpc) is 3.27. The molecule has 2 aliphatic rings. The van der Waals surface area contributed by atoms with E-state index in [1.54, 1.807) is 23.5 Å². The van der Waals surface area contributed by atoms with Crippen molar-refractivity contribution in [3.63, 3.8) is 0 Å². The number of likely N-dealkylation sites (tertiary alicyclic amines) is 1. The van der Waals surface area contributed by atoms with Gasteiger partial charge in [-0.05, 0) is 50.2 Å². The SMILES string of the molecule is O=C(CN1CCC(c2nc3ccccc3s2)CC1)NNC(=O)[C@@H]1COc2ccccc2O1. The number of carbonyl (C=O) groups is 2. The lowest BCUT2D eigenvalue weighted by Crippen LogP contribution is -2.53. The van der Waals surface area contributed by atoms with Crippen LogP contribution in [0.1, 0.15) is 23.8 Å². The summed E-state index contributed by atoms with van der Waals surface area (Å²) in [5, 5.41) is 1.18. The molecule has 3 heterocycles. The summed E-state index contributed by atoms with van der Waals surface area (Å²) in [6.45, 7) is 1.96. The van der Waals surface area contributed by atoms with E-state index in [0.29, 0.717) is 17.4 Å². The van der Waals surface area contributed by atoms with Gasteiger partial charge in [-0.15, -0.1) is 11.3 Å². The molecule has 1 atom stereocenters. The zero-order valence-corrected chi connectivity index (χ0v) is 18.3. The molecule has 1 saturated heterocycles. The van der Waals surface area contributed by atoms with Gasteiger partial charge in [-0.1, -0.05) is 24.3 Å². The topological polar surface area (TPSA) is 92.8 Å². The lowest BCUT2D eigenvalue weighted by Gasteiger charge is -2.30. The van der Waals surface area contributed by atoms with Crippen LogP contribution in [0.5, 0.6) is 11.5 Å².